The Morgan fingerprint density at radius 3 is 2.41 bits per heavy atom. The van der Waals surface area contributed by atoms with Crippen LogP contribution in [0.15, 0.2) is 48.5 Å². The molecule has 0 amide bonds. The van der Waals surface area contributed by atoms with Crippen molar-refractivity contribution < 1.29 is 13.9 Å². The van der Waals surface area contributed by atoms with E-state index in [0.717, 1.165) is 22.3 Å². The first-order chi connectivity index (χ1) is 10.5. The number of hydrogen-bond donors (Lipinski definition) is 0. The summed E-state index contributed by atoms with van der Waals surface area (Å²) in [4.78, 5) is 11.4. The minimum Gasteiger partial charge on any atom is -0.466 e. The highest BCUT2D eigenvalue weighted by Crippen LogP contribution is 2.31. The maximum absolute atomic E-state index is 13.1. The van der Waals surface area contributed by atoms with Crippen molar-refractivity contribution in [1.82, 2.24) is 0 Å². The molecule has 0 saturated heterocycles. The van der Waals surface area contributed by atoms with Gasteiger partial charge in [-0.3, -0.25) is 0 Å². The highest BCUT2D eigenvalue weighted by molar-refractivity contribution is 5.89. The third-order valence-electron chi connectivity index (χ3n) is 3.50. The first-order valence-electron chi connectivity index (χ1n) is 7.17. The Morgan fingerprint density at radius 2 is 1.82 bits per heavy atom. The van der Waals surface area contributed by atoms with Gasteiger partial charge >= 0.3 is 5.97 Å². The third-order valence-corrected chi connectivity index (χ3v) is 3.50. The summed E-state index contributed by atoms with van der Waals surface area (Å²) < 4.78 is 17.8. The molecule has 0 aliphatic carbocycles. The Labute approximate surface area is 130 Å². The molecule has 0 aromatic heterocycles. The van der Waals surface area contributed by atoms with Crippen molar-refractivity contribution in [2.75, 3.05) is 7.11 Å². The molecule has 0 spiro atoms. The van der Waals surface area contributed by atoms with E-state index in [2.05, 4.69) is 18.6 Å². The van der Waals surface area contributed by atoms with Gasteiger partial charge in [0.1, 0.15) is 5.82 Å². The van der Waals surface area contributed by atoms with Gasteiger partial charge < -0.3 is 4.74 Å². The van der Waals surface area contributed by atoms with Crippen molar-refractivity contribution in [2.24, 2.45) is 0 Å². The zero-order chi connectivity index (χ0) is 16.1. The lowest BCUT2D eigenvalue weighted by Gasteiger charge is -2.15. The first-order valence-corrected chi connectivity index (χ1v) is 7.17. The molecule has 0 atom stereocenters. The maximum atomic E-state index is 13.1. The molecule has 0 heterocycles. The van der Waals surface area contributed by atoms with Crippen LogP contribution in [0.5, 0.6) is 0 Å². The van der Waals surface area contributed by atoms with E-state index in [4.69, 9.17) is 0 Å². The van der Waals surface area contributed by atoms with E-state index < -0.39 is 5.97 Å². The van der Waals surface area contributed by atoms with Gasteiger partial charge in [0.2, 0.25) is 0 Å². The van der Waals surface area contributed by atoms with Crippen LogP contribution < -0.4 is 0 Å². The Hall–Kier alpha value is -2.42. The number of methoxy groups -OCH3 is 1. The number of halogens is 1. The van der Waals surface area contributed by atoms with Crippen LogP contribution in [-0.4, -0.2) is 13.1 Å². The Bertz CT molecular complexity index is 685. The number of esters is 1. The van der Waals surface area contributed by atoms with E-state index in [1.54, 1.807) is 18.2 Å². The van der Waals surface area contributed by atoms with E-state index in [1.807, 2.05) is 18.2 Å². The number of ether oxygens (including phenoxy) is 1. The van der Waals surface area contributed by atoms with Crippen LogP contribution in [0.3, 0.4) is 0 Å². The minimum atomic E-state index is -0.399. The molecule has 22 heavy (non-hydrogen) atoms. The second kappa shape index (κ2) is 7.03. The first kappa shape index (κ1) is 16.0. The number of benzene rings is 2. The van der Waals surface area contributed by atoms with Crippen LogP contribution in [0.1, 0.15) is 30.9 Å². The van der Waals surface area contributed by atoms with Gasteiger partial charge in [-0.1, -0.05) is 44.2 Å². The topological polar surface area (TPSA) is 26.3 Å². The van der Waals surface area contributed by atoms with E-state index in [-0.39, 0.29) is 5.82 Å². The molecule has 0 N–H and O–H groups in total. The van der Waals surface area contributed by atoms with Gasteiger partial charge in [-0.15, -0.1) is 0 Å². The molecule has 114 valence electrons. The van der Waals surface area contributed by atoms with Gasteiger partial charge in [-0.05, 0) is 46.4 Å². The number of rotatable bonds is 4. The van der Waals surface area contributed by atoms with Crippen molar-refractivity contribution in [3.63, 3.8) is 0 Å². The molecule has 0 aliphatic heterocycles. The normalized spacial score (nSPS) is 11.1. The van der Waals surface area contributed by atoms with Crippen molar-refractivity contribution >= 4 is 12.0 Å². The van der Waals surface area contributed by atoms with Crippen molar-refractivity contribution in [3.05, 3.63) is 65.5 Å². The lowest BCUT2D eigenvalue weighted by atomic mass is 9.90. The molecule has 0 fully saturated rings. The Morgan fingerprint density at radius 1 is 1.14 bits per heavy atom. The summed E-state index contributed by atoms with van der Waals surface area (Å²) in [6, 6.07) is 12.3. The fourth-order valence-electron chi connectivity index (χ4n) is 2.37. The van der Waals surface area contributed by atoms with Gasteiger partial charge in [0.15, 0.2) is 0 Å². The summed E-state index contributed by atoms with van der Waals surface area (Å²) in [5, 5.41) is 0. The van der Waals surface area contributed by atoms with Crippen molar-refractivity contribution in [1.29, 1.82) is 0 Å². The highest BCUT2D eigenvalue weighted by atomic mass is 19.1. The molecule has 3 heteroatoms. The quantitative estimate of drug-likeness (QED) is 0.598. The smallest absolute Gasteiger partial charge is 0.330 e. The molecule has 0 unspecified atom stereocenters. The summed E-state index contributed by atoms with van der Waals surface area (Å²) in [5.74, 6) is -0.364. The van der Waals surface area contributed by atoms with Crippen LogP contribution in [0.2, 0.25) is 0 Å². The lowest BCUT2D eigenvalue weighted by Crippen LogP contribution is -1.97. The molecule has 0 radical (unpaired) electrons. The molecule has 2 aromatic carbocycles. The zero-order valence-electron chi connectivity index (χ0n) is 13.0. The number of carbonyl (C=O) groups is 1. The van der Waals surface area contributed by atoms with E-state index in [9.17, 15) is 9.18 Å². The molecule has 2 rings (SSSR count). The van der Waals surface area contributed by atoms with Crippen LogP contribution in [0, 0.1) is 5.82 Å². The second-order valence-corrected chi connectivity index (χ2v) is 5.33. The summed E-state index contributed by atoms with van der Waals surface area (Å²) in [7, 11) is 1.35. The van der Waals surface area contributed by atoms with Gasteiger partial charge in [-0.25, -0.2) is 9.18 Å². The van der Waals surface area contributed by atoms with Crippen LogP contribution >= 0.6 is 0 Å². The number of carbonyl (C=O) groups excluding carboxylic acids is 1. The predicted molar refractivity (Wildman–Crippen MR) is 87.0 cm³/mol. The standard InChI is InChI=1S/C19H19FO2/c1-13(2)16-5-4-6-17(14-7-9-15(20)10-8-14)18(16)11-12-19(21)22-3/h4-13H,1-3H3. The van der Waals surface area contributed by atoms with E-state index in [0.29, 0.717) is 5.92 Å². The molecule has 0 bridgehead atoms. The predicted octanol–water partition coefficient (Wildman–Crippen LogP) is 4.80. The van der Waals surface area contributed by atoms with Crippen LogP contribution in [0.4, 0.5) is 4.39 Å². The van der Waals surface area contributed by atoms with E-state index >= 15 is 0 Å². The largest absolute Gasteiger partial charge is 0.466 e. The minimum absolute atomic E-state index is 0.268. The van der Waals surface area contributed by atoms with Crippen LogP contribution in [-0.2, 0) is 9.53 Å². The average Bonchev–Trinajstić information content (AvgIpc) is 2.52. The van der Waals surface area contributed by atoms with Gasteiger partial charge in [-0.2, -0.15) is 0 Å². The monoisotopic (exact) mass is 298 g/mol. The zero-order valence-corrected chi connectivity index (χ0v) is 13.0. The van der Waals surface area contributed by atoms with Gasteiger partial charge in [0, 0.05) is 6.08 Å². The fraction of sp³-hybridized carbons (Fsp3) is 0.211. The molecule has 2 nitrogen and oxygen atoms in total. The fourth-order valence-corrected chi connectivity index (χ4v) is 2.37. The maximum Gasteiger partial charge on any atom is 0.330 e. The second-order valence-electron chi connectivity index (χ2n) is 5.33. The average molecular weight is 298 g/mol. The number of hydrogen-bond acceptors (Lipinski definition) is 2. The molecule has 2 aromatic rings. The molecular formula is C19H19FO2. The summed E-state index contributed by atoms with van der Waals surface area (Å²) in [6.07, 6.45) is 3.17. The summed E-state index contributed by atoms with van der Waals surface area (Å²) in [6.45, 7) is 4.19. The van der Waals surface area contributed by atoms with E-state index in [1.165, 1.54) is 25.3 Å². The van der Waals surface area contributed by atoms with Crippen molar-refractivity contribution in [3.8, 4) is 11.1 Å². The third kappa shape index (κ3) is 3.61. The molecule has 0 saturated carbocycles. The van der Waals surface area contributed by atoms with Crippen molar-refractivity contribution in [2.45, 2.75) is 19.8 Å². The van der Waals surface area contributed by atoms with Gasteiger partial charge in [0.25, 0.3) is 0 Å². The molecule has 0 aliphatic rings. The molecular weight excluding hydrogens is 279 g/mol. The van der Waals surface area contributed by atoms with Crippen LogP contribution in [0.25, 0.3) is 17.2 Å². The highest BCUT2D eigenvalue weighted by Gasteiger charge is 2.11. The Kier molecular flexibility index (Phi) is 5.10. The van der Waals surface area contributed by atoms with Gasteiger partial charge in [0.05, 0.1) is 7.11 Å². The lowest BCUT2D eigenvalue weighted by molar-refractivity contribution is -0.134. The summed E-state index contributed by atoms with van der Waals surface area (Å²) in [5.41, 5.74) is 3.95. The SMILES string of the molecule is COC(=O)C=Cc1c(-c2ccc(F)cc2)cccc1C(C)C. The summed E-state index contributed by atoms with van der Waals surface area (Å²) >= 11 is 0. The Balaban J connectivity index is 2.57.